The van der Waals surface area contributed by atoms with Gasteiger partial charge in [0.25, 0.3) is 0 Å². The molecule has 0 aromatic carbocycles. The Bertz CT molecular complexity index is 557. The third-order valence-electron chi connectivity index (χ3n) is 2.65. The van der Waals surface area contributed by atoms with E-state index in [1.165, 1.54) is 5.56 Å². The Labute approximate surface area is 102 Å². The first-order valence-corrected chi connectivity index (χ1v) is 5.72. The number of hydrogen-bond donors (Lipinski definition) is 0. The summed E-state index contributed by atoms with van der Waals surface area (Å²) in [6, 6.07) is 4.28. The highest BCUT2D eigenvalue weighted by Crippen LogP contribution is 2.21. The third-order valence-corrected chi connectivity index (χ3v) is 2.65. The predicted molar refractivity (Wildman–Crippen MR) is 71.7 cm³/mol. The number of pyridine rings is 2. The maximum Gasteiger partial charge on any atom is 0.0655 e. The molecule has 2 heterocycles. The summed E-state index contributed by atoms with van der Waals surface area (Å²) in [6.07, 6.45) is 9.66. The molecule has 2 heteroatoms. The maximum atomic E-state index is 4.46. The van der Waals surface area contributed by atoms with E-state index < -0.39 is 0 Å². The molecule has 0 N–H and O–H groups in total. The van der Waals surface area contributed by atoms with Crippen molar-refractivity contribution in [3.63, 3.8) is 0 Å². The van der Waals surface area contributed by atoms with Gasteiger partial charge in [-0.1, -0.05) is 6.08 Å². The number of nitrogens with zero attached hydrogens (tertiary/aromatic N) is 2. The van der Waals surface area contributed by atoms with E-state index in [1.54, 1.807) is 0 Å². The molecule has 0 saturated heterocycles. The van der Waals surface area contributed by atoms with Crippen LogP contribution in [0.25, 0.3) is 17.2 Å². The first-order chi connectivity index (χ1) is 8.20. The van der Waals surface area contributed by atoms with Crippen LogP contribution in [0.2, 0.25) is 0 Å². The molecule has 0 amide bonds. The Hall–Kier alpha value is -1.96. The van der Waals surface area contributed by atoms with E-state index in [0.717, 1.165) is 22.4 Å². The van der Waals surface area contributed by atoms with E-state index in [0.29, 0.717) is 0 Å². The summed E-state index contributed by atoms with van der Waals surface area (Å²) in [7, 11) is 0. The monoisotopic (exact) mass is 224 g/mol. The van der Waals surface area contributed by atoms with Gasteiger partial charge in [-0.2, -0.15) is 0 Å². The van der Waals surface area contributed by atoms with Crippen LogP contribution in [-0.4, -0.2) is 9.97 Å². The Morgan fingerprint density at radius 2 is 1.76 bits per heavy atom. The van der Waals surface area contributed by atoms with E-state index in [9.17, 15) is 0 Å². The molecule has 0 atom stereocenters. The molecule has 0 spiro atoms. The van der Waals surface area contributed by atoms with Crippen molar-refractivity contribution in [2.45, 2.75) is 20.8 Å². The number of allylic oxidation sites excluding steroid dienone is 1. The number of rotatable bonds is 2. The lowest BCUT2D eigenvalue weighted by molar-refractivity contribution is 1.22. The summed E-state index contributed by atoms with van der Waals surface area (Å²) in [5.41, 5.74) is 5.61. The largest absolute Gasteiger partial charge is 0.264 e. The van der Waals surface area contributed by atoms with Gasteiger partial charge in [-0.05, 0) is 50.1 Å². The SMILES string of the molecule is C/C=C\c1ncc(-c2cncc(C)c2)cc1C. The second kappa shape index (κ2) is 4.91. The predicted octanol–water partition coefficient (Wildman–Crippen LogP) is 3.79. The molecule has 2 aromatic rings. The fraction of sp³-hybridized carbons (Fsp3) is 0.200. The van der Waals surface area contributed by atoms with Crippen LogP contribution in [0.15, 0.2) is 36.8 Å². The zero-order chi connectivity index (χ0) is 12.3. The second-order valence-electron chi connectivity index (χ2n) is 4.18. The van der Waals surface area contributed by atoms with Crippen molar-refractivity contribution < 1.29 is 0 Å². The van der Waals surface area contributed by atoms with Crippen molar-refractivity contribution in [2.75, 3.05) is 0 Å². The van der Waals surface area contributed by atoms with Gasteiger partial charge in [-0.15, -0.1) is 0 Å². The molecule has 0 saturated carbocycles. The summed E-state index contributed by atoms with van der Waals surface area (Å²) < 4.78 is 0. The Balaban J connectivity index is 2.44. The van der Waals surface area contributed by atoms with Crippen LogP contribution in [0.5, 0.6) is 0 Å². The average molecular weight is 224 g/mol. The maximum absolute atomic E-state index is 4.46. The molecule has 0 aliphatic heterocycles. The lowest BCUT2D eigenvalue weighted by atomic mass is 10.1. The molecular formula is C15H16N2. The average Bonchev–Trinajstić information content (AvgIpc) is 2.32. The Kier molecular flexibility index (Phi) is 3.33. The summed E-state index contributed by atoms with van der Waals surface area (Å²) in [5, 5.41) is 0. The highest BCUT2D eigenvalue weighted by molar-refractivity contribution is 5.65. The smallest absolute Gasteiger partial charge is 0.0655 e. The van der Waals surface area contributed by atoms with Crippen molar-refractivity contribution in [2.24, 2.45) is 0 Å². The van der Waals surface area contributed by atoms with Gasteiger partial charge in [0.2, 0.25) is 0 Å². The van der Waals surface area contributed by atoms with Gasteiger partial charge in [-0.25, -0.2) is 0 Å². The highest BCUT2D eigenvalue weighted by Gasteiger charge is 2.02. The molecule has 0 bridgehead atoms. The van der Waals surface area contributed by atoms with Crippen LogP contribution < -0.4 is 0 Å². The molecule has 0 unspecified atom stereocenters. The van der Waals surface area contributed by atoms with Crippen molar-refractivity contribution in [3.05, 3.63) is 53.6 Å². The number of aromatic nitrogens is 2. The molecule has 2 rings (SSSR count). The van der Waals surface area contributed by atoms with Crippen LogP contribution in [0.3, 0.4) is 0 Å². The molecular weight excluding hydrogens is 208 g/mol. The minimum absolute atomic E-state index is 1.02. The van der Waals surface area contributed by atoms with Gasteiger partial charge in [0, 0.05) is 29.7 Å². The summed E-state index contributed by atoms with van der Waals surface area (Å²) in [4.78, 5) is 8.67. The lowest BCUT2D eigenvalue weighted by Crippen LogP contribution is -1.89. The van der Waals surface area contributed by atoms with Gasteiger partial charge in [0.15, 0.2) is 0 Å². The zero-order valence-electron chi connectivity index (χ0n) is 10.4. The molecule has 86 valence electrons. The Morgan fingerprint density at radius 3 is 2.41 bits per heavy atom. The molecule has 2 aromatic heterocycles. The van der Waals surface area contributed by atoms with Crippen LogP contribution in [0.1, 0.15) is 23.7 Å². The van der Waals surface area contributed by atoms with Gasteiger partial charge < -0.3 is 0 Å². The zero-order valence-corrected chi connectivity index (χ0v) is 10.4. The van der Waals surface area contributed by atoms with Crippen molar-refractivity contribution in [1.82, 2.24) is 9.97 Å². The third kappa shape index (κ3) is 2.59. The fourth-order valence-electron chi connectivity index (χ4n) is 1.79. The van der Waals surface area contributed by atoms with Crippen molar-refractivity contribution >= 4 is 6.08 Å². The lowest BCUT2D eigenvalue weighted by Gasteiger charge is -2.05. The van der Waals surface area contributed by atoms with E-state index in [-0.39, 0.29) is 0 Å². The minimum atomic E-state index is 1.02. The van der Waals surface area contributed by atoms with Crippen LogP contribution in [-0.2, 0) is 0 Å². The van der Waals surface area contributed by atoms with Gasteiger partial charge in [0.05, 0.1) is 5.69 Å². The fourth-order valence-corrected chi connectivity index (χ4v) is 1.79. The van der Waals surface area contributed by atoms with Crippen LogP contribution in [0.4, 0.5) is 0 Å². The summed E-state index contributed by atoms with van der Waals surface area (Å²) in [5.74, 6) is 0. The standard InChI is InChI=1S/C15H16N2/c1-4-5-15-12(3)7-14(10-17-15)13-6-11(2)8-16-9-13/h4-10H,1-3H3/b5-4-. The molecule has 0 aliphatic carbocycles. The van der Waals surface area contributed by atoms with Crippen molar-refractivity contribution in [3.8, 4) is 11.1 Å². The first kappa shape index (κ1) is 11.5. The normalized spacial score (nSPS) is 11.0. The quantitative estimate of drug-likeness (QED) is 0.775. The van der Waals surface area contributed by atoms with E-state index >= 15 is 0 Å². The van der Waals surface area contributed by atoms with Crippen molar-refractivity contribution in [1.29, 1.82) is 0 Å². The van der Waals surface area contributed by atoms with Crippen LogP contribution in [0, 0.1) is 13.8 Å². The second-order valence-corrected chi connectivity index (χ2v) is 4.18. The molecule has 2 nitrogen and oxygen atoms in total. The number of aryl methyl sites for hydroxylation is 2. The van der Waals surface area contributed by atoms with E-state index in [1.807, 2.05) is 44.6 Å². The topological polar surface area (TPSA) is 25.8 Å². The summed E-state index contributed by atoms with van der Waals surface area (Å²) >= 11 is 0. The van der Waals surface area contributed by atoms with E-state index in [4.69, 9.17) is 0 Å². The minimum Gasteiger partial charge on any atom is -0.264 e. The molecule has 0 fully saturated rings. The summed E-state index contributed by atoms with van der Waals surface area (Å²) in [6.45, 7) is 6.12. The van der Waals surface area contributed by atoms with Gasteiger partial charge in [-0.3, -0.25) is 9.97 Å². The molecule has 0 radical (unpaired) electrons. The van der Waals surface area contributed by atoms with E-state index in [2.05, 4.69) is 29.0 Å². The Morgan fingerprint density at radius 1 is 1.00 bits per heavy atom. The molecule has 17 heavy (non-hydrogen) atoms. The number of hydrogen-bond acceptors (Lipinski definition) is 2. The highest BCUT2D eigenvalue weighted by atomic mass is 14.7. The first-order valence-electron chi connectivity index (χ1n) is 5.72. The van der Waals surface area contributed by atoms with Crippen LogP contribution >= 0.6 is 0 Å². The molecule has 0 aliphatic rings. The van der Waals surface area contributed by atoms with Gasteiger partial charge in [0.1, 0.15) is 0 Å². The van der Waals surface area contributed by atoms with Gasteiger partial charge >= 0.3 is 0 Å².